The monoisotopic (exact) mass is 257 g/mol. The molecular formula is C16H23N3. The van der Waals surface area contributed by atoms with Crippen molar-refractivity contribution in [3.63, 3.8) is 0 Å². The number of rotatable bonds is 6. The number of aromatic nitrogens is 2. The fourth-order valence-corrected chi connectivity index (χ4v) is 2.29. The minimum Gasteiger partial charge on any atom is -0.313 e. The van der Waals surface area contributed by atoms with Gasteiger partial charge < -0.3 is 5.32 Å². The molecule has 1 aromatic carbocycles. The summed E-state index contributed by atoms with van der Waals surface area (Å²) in [5.74, 6) is 0. The molecule has 0 amide bonds. The Morgan fingerprint density at radius 1 is 1.16 bits per heavy atom. The van der Waals surface area contributed by atoms with Crippen LogP contribution in [-0.2, 0) is 13.1 Å². The van der Waals surface area contributed by atoms with E-state index in [1.165, 1.54) is 16.8 Å². The van der Waals surface area contributed by atoms with E-state index in [2.05, 4.69) is 60.1 Å². The Labute approximate surface area is 115 Å². The molecule has 0 unspecified atom stereocenters. The first kappa shape index (κ1) is 13.8. The second-order valence-corrected chi connectivity index (χ2v) is 4.97. The lowest BCUT2D eigenvalue weighted by molar-refractivity contribution is 0.650. The lowest BCUT2D eigenvalue weighted by Crippen LogP contribution is -2.15. The van der Waals surface area contributed by atoms with Gasteiger partial charge in [0.2, 0.25) is 0 Å². The molecule has 19 heavy (non-hydrogen) atoms. The highest BCUT2D eigenvalue weighted by Crippen LogP contribution is 2.14. The Morgan fingerprint density at radius 3 is 2.58 bits per heavy atom. The van der Waals surface area contributed by atoms with Gasteiger partial charge in [-0.2, -0.15) is 5.10 Å². The average Bonchev–Trinajstić information content (AvgIpc) is 2.68. The van der Waals surface area contributed by atoms with Crippen LogP contribution in [0.2, 0.25) is 0 Å². The Balaban J connectivity index is 2.12. The molecule has 0 spiro atoms. The maximum absolute atomic E-state index is 4.66. The average molecular weight is 257 g/mol. The number of hydrogen-bond donors (Lipinski definition) is 1. The van der Waals surface area contributed by atoms with Gasteiger partial charge in [-0.3, -0.25) is 4.68 Å². The van der Waals surface area contributed by atoms with Gasteiger partial charge in [0.25, 0.3) is 0 Å². The zero-order valence-electron chi connectivity index (χ0n) is 12.1. The van der Waals surface area contributed by atoms with Gasteiger partial charge in [-0.1, -0.05) is 37.3 Å². The van der Waals surface area contributed by atoms with Crippen LogP contribution in [-0.4, -0.2) is 16.3 Å². The van der Waals surface area contributed by atoms with E-state index in [4.69, 9.17) is 0 Å². The molecule has 0 bridgehead atoms. The van der Waals surface area contributed by atoms with Gasteiger partial charge in [-0.15, -0.1) is 0 Å². The van der Waals surface area contributed by atoms with Gasteiger partial charge >= 0.3 is 0 Å². The summed E-state index contributed by atoms with van der Waals surface area (Å²) in [6, 6.07) is 10.5. The Bertz CT molecular complexity index is 514. The molecule has 102 valence electrons. The molecule has 0 atom stereocenters. The van der Waals surface area contributed by atoms with Gasteiger partial charge in [0.1, 0.15) is 0 Å². The molecular weight excluding hydrogens is 234 g/mol. The Hall–Kier alpha value is -1.61. The first-order valence-corrected chi connectivity index (χ1v) is 7.00. The van der Waals surface area contributed by atoms with Gasteiger partial charge in [0.05, 0.1) is 12.2 Å². The van der Waals surface area contributed by atoms with Crippen molar-refractivity contribution in [2.75, 3.05) is 6.54 Å². The van der Waals surface area contributed by atoms with Crippen molar-refractivity contribution in [2.24, 2.45) is 0 Å². The van der Waals surface area contributed by atoms with Gasteiger partial charge in [-0.25, -0.2) is 0 Å². The summed E-state index contributed by atoms with van der Waals surface area (Å²) in [5.41, 5.74) is 5.03. The third-order valence-electron chi connectivity index (χ3n) is 3.44. The summed E-state index contributed by atoms with van der Waals surface area (Å²) in [7, 11) is 0. The minimum atomic E-state index is 0.849. The molecule has 1 aromatic heterocycles. The molecule has 0 radical (unpaired) electrons. The van der Waals surface area contributed by atoms with E-state index in [-0.39, 0.29) is 0 Å². The van der Waals surface area contributed by atoms with Gasteiger partial charge in [-0.05, 0) is 32.4 Å². The van der Waals surface area contributed by atoms with Crippen molar-refractivity contribution in [2.45, 2.75) is 40.3 Å². The SMILES string of the molecule is CCCNCc1c(C)nn(Cc2ccccc2)c1C. The lowest BCUT2D eigenvalue weighted by Gasteiger charge is -2.06. The third-order valence-corrected chi connectivity index (χ3v) is 3.44. The van der Waals surface area contributed by atoms with Crippen molar-refractivity contribution in [1.29, 1.82) is 0 Å². The molecule has 0 saturated heterocycles. The Morgan fingerprint density at radius 2 is 1.89 bits per heavy atom. The van der Waals surface area contributed by atoms with E-state index < -0.39 is 0 Å². The van der Waals surface area contributed by atoms with Gasteiger partial charge in [0.15, 0.2) is 0 Å². The summed E-state index contributed by atoms with van der Waals surface area (Å²) in [6.45, 7) is 9.26. The highest BCUT2D eigenvalue weighted by atomic mass is 15.3. The summed E-state index contributed by atoms with van der Waals surface area (Å²) >= 11 is 0. The zero-order valence-corrected chi connectivity index (χ0v) is 12.1. The van der Waals surface area contributed by atoms with Crippen LogP contribution in [0.3, 0.4) is 0 Å². The molecule has 0 saturated carbocycles. The smallest absolute Gasteiger partial charge is 0.0662 e. The summed E-state index contributed by atoms with van der Waals surface area (Å²) < 4.78 is 2.10. The summed E-state index contributed by atoms with van der Waals surface area (Å²) in [6.07, 6.45) is 1.16. The predicted molar refractivity (Wildman–Crippen MR) is 79.2 cm³/mol. The number of aryl methyl sites for hydroxylation is 1. The number of nitrogens with one attached hydrogen (secondary N) is 1. The largest absolute Gasteiger partial charge is 0.313 e. The predicted octanol–water partition coefficient (Wildman–Crippen LogP) is 3.05. The number of nitrogens with zero attached hydrogens (tertiary/aromatic N) is 2. The number of benzene rings is 1. The van der Waals surface area contributed by atoms with Crippen molar-refractivity contribution in [3.05, 3.63) is 52.8 Å². The first-order chi connectivity index (χ1) is 9.22. The van der Waals surface area contributed by atoms with E-state index in [1.807, 2.05) is 6.07 Å². The maximum atomic E-state index is 4.66. The molecule has 1 heterocycles. The fraction of sp³-hybridized carbons (Fsp3) is 0.438. The molecule has 0 aliphatic rings. The second-order valence-electron chi connectivity index (χ2n) is 4.97. The second kappa shape index (κ2) is 6.53. The normalized spacial score (nSPS) is 10.9. The highest BCUT2D eigenvalue weighted by Gasteiger charge is 2.10. The topological polar surface area (TPSA) is 29.9 Å². The van der Waals surface area contributed by atoms with Crippen LogP contribution in [0.25, 0.3) is 0 Å². The van der Waals surface area contributed by atoms with E-state index in [0.717, 1.165) is 31.7 Å². The van der Waals surface area contributed by atoms with Crippen LogP contribution in [0.4, 0.5) is 0 Å². The van der Waals surface area contributed by atoms with Crippen molar-refractivity contribution in [1.82, 2.24) is 15.1 Å². The van der Waals surface area contributed by atoms with Gasteiger partial charge in [0, 0.05) is 17.8 Å². The fourth-order valence-electron chi connectivity index (χ4n) is 2.29. The number of hydrogen-bond acceptors (Lipinski definition) is 2. The molecule has 3 nitrogen and oxygen atoms in total. The Kier molecular flexibility index (Phi) is 4.74. The summed E-state index contributed by atoms with van der Waals surface area (Å²) in [4.78, 5) is 0. The van der Waals surface area contributed by atoms with Crippen molar-refractivity contribution < 1.29 is 0 Å². The van der Waals surface area contributed by atoms with E-state index >= 15 is 0 Å². The molecule has 0 fully saturated rings. The molecule has 0 aliphatic carbocycles. The van der Waals surface area contributed by atoms with Crippen LogP contribution >= 0.6 is 0 Å². The third kappa shape index (κ3) is 3.44. The van der Waals surface area contributed by atoms with E-state index in [0.29, 0.717) is 0 Å². The quantitative estimate of drug-likeness (QED) is 0.806. The van der Waals surface area contributed by atoms with Crippen LogP contribution in [0, 0.1) is 13.8 Å². The molecule has 3 heteroatoms. The van der Waals surface area contributed by atoms with E-state index in [1.54, 1.807) is 0 Å². The maximum Gasteiger partial charge on any atom is 0.0662 e. The van der Waals surface area contributed by atoms with Crippen molar-refractivity contribution in [3.8, 4) is 0 Å². The van der Waals surface area contributed by atoms with Crippen LogP contribution in [0.5, 0.6) is 0 Å². The van der Waals surface area contributed by atoms with Crippen LogP contribution < -0.4 is 5.32 Å². The molecule has 0 aliphatic heterocycles. The minimum absolute atomic E-state index is 0.849. The van der Waals surface area contributed by atoms with Crippen molar-refractivity contribution >= 4 is 0 Å². The van der Waals surface area contributed by atoms with E-state index in [9.17, 15) is 0 Å². The summed E-state index contributed by atoms with van der Waals surface area (Å²) in [5, 5.41) is 8.12. The first-order valence-electron chi connectivity index (χ1n) is 7.00. The van der Waals surface area contributed by atoms with Crippen LogP contribution in [0.15, 0.2) is 30.3 Å². The standard InChI is InChI=1S/C16H23N3/c1-4-10-17-11-16-13(2)18-19(14(16)3)12-15-8-6-5-7-9-15/h5-9,17H,4,10-12H2,1-3H3. The zero-order chi connectivity index (χ0) is 13.7. The lowest BCUT2D eigenvalue weighted by atomic mass is 10.2. The molecule has 2 aromatic rings. The highest BCUT2D eigenvalue weighted by molar-refractivity contribution is 5.25. The van der Waals surface area contributed by atoms with Crippen LogP contribution in [0.1, 0.15) is 35.9 Å². The molecule has 1 N–H and O–H groups in total. The molecule has 2 rings (SSSR count).